The number of aromatic nitrogens is 2. The number of nitro groups is 1. The molecule has 0 unspecified atom stereocenters. The number of rotatable bonds is 3. The molecular formula is C15H19N5O2S. The van der Waals surface area contributed by atoms with E-state index in [1.807, 2.05) is 11.8 Å². The average molecular weight is 333 g/mol. The molecule has 3 rings (SSSR count). The Labute approximate surface area is 138 Å². The van der Waals surface area contributed by atoms with Crippen LogP contribution in [-0.4, -0.2) is 41.1 Å². The molecule has 3 heterocycles. The topological polar surface area (TPSA) is 75.4 Å². The minimum absolute atomic E-state index is 0.113. The van der Waals surface area contributed by atoms with E-state index in [1.54, 1.807) is 30.5 Å². The summed E-state index contributed by atoms with van der Waals surface area (Å²) in [4.78, 5) is 25.3. The van der Waals surface area contributed by atoms with E-state index in [-0.39, 0.29) is 10.6 Å². The molecule has 8 heteroatoms. The first-order valence-electron chi connectivity index (χ1n) is 7.51. The van der Waals surface area contributed by atoms with Gasteiger partial charge in [0.25, 0.3) is 0 Å². The Morgan fingerprint density at radius 2 is 1.83 bits per heavy atom. The maximum absolute atomic E-state index is 11.3. The van der Waals surface area contributed by atoms with Crippen molar-refractivity contribution in [2.24, 2.45) is 0 Å². The van der Waals surface area contributed by atoms with Gasteiger partial charge in [0.1, 0.15) is 0 Å². The molecule has 0 spiro atoms. The summed E-state index contributed by atoms with van der Waals surface area (Å²) in [7, 11) is 0. The summed E-state index contributed by atoms with van der Waals surface area (Å²) < 4.78 is 0. The van der Waals surface area contributed by atoms with Crippen LogP contribution in [0.1, 0.15) is 16.1 Å². The predicted molar refractivity (Wildman–Crippen MR) is 91.6 cm³/mol. The van der Waals surface area contributed by atoms with Gasteiger partial charge >= 0.3 is 5.69 Å². The Kier molecular flexibility index (Phi) is 4.16. The Morgan fingerprint density at radius 1 is 1.17 bits per heavy atom. The van der Waals surface area contributed by atoms with Gasteiger partial charge in [0.15, 0.2) is 5.13 Å². The second-order valence-corrected chi connectivity index (χ2v) is 6.85. The van der Waals surface area contributed by atoms with E-state index in [4.69, 9.17) is 0 Å². The molecule has 7 nitrogen and oxygen atoms in total. The highest BCUT2D eigenvalue weighted by Crippen LogP contribution is 2.31. The third-order valence-corrected chi connectivity index (χ3v) is 5.29. The second-order valence-electron chi connectivity index (χ2n) is 5.67. The molecule has 2 aromatic rings. The lowest BCUT2D eigenvalue weighted by molar-refractivity contribution is -0.384. The second kappa shape index (κ2) is 6.11. The number of thiazole rings is 1. The molecule has 23 heavy (non-hydrogen) atoms. The average Bonchev–Trinajstić information content (AvgIpc) is 2.86. The molecule has 0 saturated carbocycles. The molecule has 0 atom stereocenters. The van der Waals surface area contributed by atoms with Crippen molar-refractivity contribution in [3.63, 3.8) is 0 Å². The van der Waals surface area contributed by atoms with Crippen LogP contribution in [0.15, 0.2) is 12.3 Å². The lowest BCUT2D eigenvalue weighted by Gasteiger charge is -2.35. The van der Waals surface area contributed by atoms with Crippen molar-refractivity contribution in [2.75, 3.05) is 36.0 Å². The molecule has 1 fully saturated rings. The molecule has 1 saturated heterocycles. The summed E-state index contributed by atoms with van der Waals surface area (Å²) in [6.07, 6.45) is 1.64. The Bertz CT molecular complexity index is 718. The van der Waals surface area contributed by atoms with Gasteiger partial charge in [0.2, 0.25) is 5.82 Å². The zero-order chi connectivity index (χ0) is 16.6. The van der Waals surface area contributed by atoms with Crippen molar-refractivity contribution in [3.8, 4) is 0 Å². The number of hydrogen-bond donors (Lipinski definition) is 0. The normalized spacial score (nSPS) is 15.1. The van der Waals surface area contributed by atoms with Crippen LogP contribution in [0.25, 0.3) is 0 Å². The van der Waals surface area contributed by atoms with E-state index >= 15 is 0 Å². The number of nitrogens with zero attached hydrogens (tertiary/aromatic N) is 5. The highest BCUT2D eigenvalue weighted by atomic mass is 32.1. The molecule has 122 valence electrons. The lowest BCUT2D eigenvalue weighted by Crippen LogP contribution is -2.47. The van der Waals surface area contributed by atoms with E-state index in [9.17, 15) is 10.1 Å². The van der Waals surface area contributed by atoms with Crippen LogP contribution < -0.4 is 9.80 Å². The van der Waals surface area contributed by atoms with Gasteiger partial charge in [-0.2, -0.15) is 0 Å². The molecule has 2 aromatic heterocycles. The molecular weight excluding hydrogens is 314 g/mol. The molecule has 1 aliphatic heterocycles. The molecule has 1 aliphatic rings. The fourth-order valence-corrected chi connectivity index (χ4v) is 3.66. The fourth-order valence-electron chi connectivity index (χ4n) is 2.69. The molecule has 0 bridgehead atoms. The fraction of sp³-hybridized carbons (Fsp3) is 0.467. The SMILES string of the molecule is Cc1ccnc(N2CCN(c3nc(C)c(C)s3)CC2)c1[N+](=O)[O-]. The van der Waals surface area contributed by atoms with Crippen LogP contribution in [-0.2, 0) is 0 Å². The number of hydrogen-bond acceptors (Lipinski definition) is 7. The van der Waals surface area contributed by atoms with Gasteiger partial charge in [0.05, 0.1) is 10.6 Å². The number of aryl methyl sites for hydroxylation is 3. The summed E-state index contributed by atoms with van der Waals surface area (Å²) >= 11 is 1.70. The summed E-state index contributed by atoms with van der Waals surface area (Å²) in [6, 6.07) is 1.68. The van der Waals surface area contributed by atoms with Crippen LogP contribution in [0.3, 0.4) is 0 Å². The summed E-state index contributed by atoms with van der Waals surface area (Å²) in [5.41, 5.74) is 1.83. The molecule has 0 N–H and O–H groups in total. The van der Waals surface area contributed by atoms with Gasteiger partial charge in [-0.15, -0.1) is 11.3 Å². The highest BCUT2D eigenvalue weighted by Gasteiger charge is 2.27. The van der Waals surface area contributed by atoms with Crippen molar-refractivity contribution in [1.82, 2.24) is 9.97 Å². The van der Waals surface area contributed by atoms with Gasteiger partial charge < -0.3 is 9.80 Å². The zero-order valence-electron chi connectivity index (χ0n) is 13.4. The third kappa shape index (κ3) is 2.98. The van der Waals surface area contributed by atoms with Crippen LogP contribution in [0.5, 0.6) is 0 Å². The summed E-state index contributed by atoms with van der Waals surface area (Å²) in [5.74, 6) is 0.473. The highest BCUT2D eigenvalue weighted by molar-refractivity contribution is 7.15. The number of piperazine rings is 1. The first-order chi connectivity index (χ1) is 11.0. The van der Waals surface area contributed by atoms with E-state index in [0.29, 0.717) is 24.5 Å². The Hall–Kier alpha value is -2.22. The quantitative estimate of drug-likeness (QED) is 0.635. The van der Waals surface area contributed by atoms with E-state index in [2.05, 4.69) is 21.8 Å². The zero-order valence-corrected chi connectivity index (χ0v) is 14.3. The maximum atomic E-state index is 11.3. The van der Waals surface area contributed by atoms with Crippen molar-refractivity contribution < 1.29 is 4.92 Å². The Balaban J connectivity index is 1.77. The Morgan fingerprint density at radius 3 is 2.39 bits per heavy atom. The summed E-state index contributed by atoms with van der Waals surface area (Å²) in [5, 5.41) is 12.4. The third-order valence-electron chi connectivity index (χ3n) is 4.16. The van der Waals surface area contributed by atoms with Gasteiger partial charge in [-0.3, -0.25) is 10.1 Å². The van der Waals surface area contributed by atoms with E-state index in [1.165, 1.54) is 4.88 Å². The van der Waals surface area contributed by atoms with Crippen molar-refractivity contribution in [3.05, 3.63) is 38.5 Å². The minimum Gasteiger partial charge on any atom is -0.347 e. The van der Waals surface area contributed by atoms with E-state index < -0.39 is 0 Å². The maximum Gasteiger partial charge on any atom is 0.314 e. The first kappa shape index (κ1) is 15.7. The van der Waals surface area contributed by atoms with Gasteiger partial charge in [-0.25, -0.2) is 9.97 Å². The van der Waals surface area contributed by atoms with Crippen LogP contribution in [0, 0.1) is 30.9 Å². The molecule has 0 amide bonds. The van der Waals surface area contributed by atoms with Crippen LogP contribution in [0.2, 0.25) is 0 Å². The molecule has 0 radical (unpaired) electrons. The molecule has 0 aromatic carbocycles. The lowest BCUT2D eigenvalue weighted by atomic mass is 10.2. The monoisotopic (exact) mass is 333 g/mol. The van der Waals surface area contributed by atoms with Crippen LogP contribution >= 0.6 is 11.3 Å². The first-order valence-corrected chi connectivity index (χ1v) is 8.33. The largest absolute Gasteiger partial charge is 0.347 e. The van der Waals surface area contributed by atoms with Crippen LogP contribution in [0.4, 0.5) is 16.6 Å². The minimum atomic E-state index is -0.336. The predicted octanol–water partition coefficient (Wildman–Crippen LogP) is 2.70. The standard InChI is InChI=1S/C15H19N5O2S/c1-10-4-5-16-14(13(10)20(21)22)18-6-8-19(9-7-18)15-17-11(2)12(3)23-15/h4-5H,6-9H2,1-3H3. The summed E-state index contributed by atoms with van der Waals surface area (Å²) in [6.45, 7) is 8.83. The van der Waals surface area contributed by atoms with E-state index in [0.717, 1.165) is 23.9 Å². The number of pyridine rings is 1. The van der Waals surface area contributed by atoms with Gasteiger partial charge in [-0.05, 0) is 26.8 Å². The van der Waals surface area contributed by atoms with Crippen molar-refractivity contribution in [2.45, 2.75) is 20.8 Å². The molecule has 0 aliphatic carbocycles. The van der Waals surface area contributed by atoms with Crippen molar-refractivity contribution in [1.29, 1.82) is 0 Å². The van der Waals surface area contributed by atoms with Crippen molar-refractivity contribution >= 4 is 28.0 Å². The van der Waals surface area contributed by atoms with Gasteiger partial charge in [0, 0.05) is 42.8 Å². The number of anilines is 2. The van der Waals surface area contributed by atoms with Gasteiger partial charge in [-0.1, -0.05) is 0 Å². The smallest absolute Gasteiger partial charge is 0.314 e.